The zero-order valence-electron chi connectivity index (χ0n) is 17.0. The molecule has 1 aromatic carbocycles. The van der Waals surface area contributed by atoms with Gasteiger partial charge in [0.1, 0.15) is 5.82 Å². The minimum atomic E-state index is -3.83. The molecule has 29 heavy (non-hydrogen) atoms. The lowest BCUT2D eigenvalue weighted by molar-refractivity contribution is -0.132. The van der Waals surface area contributed by atoms with E-state index < -0.39 is 15.8 Å². The maximum atomic E-state index is 13.4. The number of benzene rings is 1. The fourth-order valence-electron chi connectivity index (χ4n) is 3.79. The van der Waals surface area contributed by atoms with Crippen LogP contribution in [0.4, 0.5) is 4.39 Å². The third kappa shape index (κ3) is 5.02. The van der Waals surface area contributed by atoms with Gasteiger partial charge in [0.15, 0.2) is 0 Å². The van der Waals surface area contributed by atoms with Crippen LogP contribution in [-0.2, 0) is 28.3 Å². The average molecular weight is 423 g/mol. The lowest BCUT2D eigenvalue weighted by atomic mass is 10.0. The number of nitrogens with zero attached hydrogens (tertiary/aromatic N) is 3. The monoisotopic (exact) mass is 422 g/mol. The predicted molar refractivity (Wildman–Crippen MR) is 107 cm³/mol. The number of carbonyl (C=O) groups excluding carboxylic acids is 1. The standard InChI is InChI=1S/C20H27FN4O3S/c1-14-19(15(2)24(3)22-14)9-10-20(26)25-11-5-7-17(13-25)23-29(27,28)18-8-4-6-16(21)12-18/h4,6,8,12,17,23H,5,7,9-11,13H2,1-3H3. The fourth-order valence-corrected chi connectivity index (χ4v) is 5.08. The van der Waals surface area contributed by atoms with Crippen molar-refractivity contribution in [1.29, 1.82) is 0 Å². The van der Waals surface area contributed by atoms with E-state index in [2.05, 4.69) is 9.82 Å². The number of nitrogens with one attached hydrogen (secondary N) is 1. The molecule has 1 atom stereocenters. The van der Waals surface area contributed by atoms with E-state index in [4.69, 9.17) is 0 Å². The molecule has 1 fully saturated rings. The second kappa shape index (κ2) is 8.62. The summed E-state index contributed by atoms with van der Waals surface area (Å²) in [6, 6.07) is 4.53. The number of amides is 1. The fraction of sp³-hybridized carbons (Fsp3) is 0.500. The number of sulfonamides is 1. The molecule has 1 aliphatic heterocycles. The van der Waals surface area contributed by atoms with Gasteiger partial charge < -0.3 is 4.90 Å². The van der Waals surface area contributed by atoms with Crippen molar-refractivity contribution in [1.82, 2.24) is 19.4 Å². The Labute approximate surface area is 171 Å². The molecule has 0 saturated carbocycles. The third-order valence-electron chi connectivity index (χ3n) is 5.45. The van der Waals surface area contributed by atoms with Crippen molar-refractivity contribution in [2.24, 2.45) is 7.05 Å². The Kier molecular flexibility index (Phi) is 6.38. The Hall–Kier alpha value is -2.26. The molecule has 1 aliphatic rings. The minimum absolute atomic E-state index is 0.00214. The van der Waals surface area contributed by atoms with Crippen molar-refractivity contribution in [3.05, 3.63) is 47.0 Å². The molecular weight excluding hydrogens is 395 g/mol. The van der Waals surface area contributed by atoms with Gasteiger partial charge in [-0.05, 0) is 56.9 Å². The van der Waals surface area contributed by atoms with Crippen LogP contribution in [0.5, 0.6) is 0 Å². The molecule has 2 aromatic rings. The minimum Gasteiger partial charge on any atom is -0.341 e. The number of aromatic nitrogens is 2. The van der Waals surface area contributed by atoms with Crippen LogP contribution in [0.3, 0.4) is 0 Å². The average Bonchev–Trinajstić information content (AvgIpc) is 2.91. The Balaban J connectivity index is 1.60. The molecular formula is C20H27FN4O3S. The molecule has 1 aromatic heterocycles. The molecule has 2 heterocycles. The van der Waals surface area contributed by atoms with E-state index in [1.54, 1.807) is 4.90 Å². The van der Waals surface area contributed by atoms with Crippen LogP contribution in [0.2, 0.25) is 0 Å². The van der Waals surface area contributed by atoms with Crippen molar-refractivity contribution < 1.29 is 17.6 Å². The van der Waals surface area contributed by atoms with E-state index in [1.807, 2.05) is 25.6 Å². The van der Waals surface area contributed by atoms with Gasteiger partial charge in [0.05, 0.1) is 10.6 Å². The summed E-state index contributed by atoms with van der Waals surface area (Å²) in [4.78, 5) is 14.3. The molecule has 1 amide bonds. The Morgan fingerprint density at radius 1 is 1.34 bits per heavy atom. The van der Waals surface area contributed by atoms with E-state index in [0.717, 1.165) is 23.0 Å². The highest BCUT2D eigenvalue weighted by Crippen LogP contribution is 2.18. The summed E-state index contributed by atoms with van der Waals surface area (Å²) < 4.78 is 42.9. The summed E-state index contributed by atoms with van der Waals surface area (Å²) in [7, 11) is -1.95. The van der Waals surface area contributed by atoms with Gasteiger partial charge in [-0.25, -0.2) is 17.5 Å². The van der Waals surface area contributed by atoms with Crippen molar-refractivity contribution in [2.75, 3.05) is 13.1 Å². The highest BCUT2D eigenvalue weighted by Gasteiger charge is 2.28. The summed E-state index contributed by atoms with van der Waals surface area (Å²) in [6.45, 7) is 4.85. The first-order chi connectivity index (χ1) is 13.7. The van der Waals surface area contributed by atoms with Gasteiger partial charge in [0.2, 0.25) is 15.9 Å². The van der Waals surface area contributed by atoms with Crippen LogP contribution < -0.4 is 4.72 Å². The Morgan fingerprint density at radius 3 is 2.76 bits per heavy atom. The summed E-state index contributed by atoms with van der Waals surface area (Å²) >= 11 is 0. The van der Waals surface area contributed by atoms with Gasteiger partial charge in [0, 0.05) is 38.3 Å². The predicted octanol–water partition coefficient (Wildman–Crippen LogP) is 2.08. The lowest BCUT2D eigenvalue weighted by Crippen LogP contribution is -2.49. The van der Waals surface area contributed by atoms with Crippen molar-refractivity contribution in [2.45, 2.75) is 50.5 Å². The third-order valence-corrected chi connectivity index (χ3v) is 6.97. The van der Waals surface area contributed by atoms with Gasteiger partial charge in [-0.2, -0.15) is 5.10 Å². The van der Waals surface area contributed by atoms with Gasteiger partial charge in [-0.15, -0.1) is 0 Å². The van der Waals surface area contributed by atoms with Crippen LogP contribution in [0.15, 0.2) is 29.2 Å². The second-order valence-corrected chi connectivity index (χ2v) is 9.24. The zero-order chi connectivity index (χ0) is 21.2. The number of hydrogen-bond donors (Lipinski definition) is 1. The molecule has 0 radical (unpaired) electrons. The van der Waals surface area contributed by atoms with Gasteiger partial charge >= 0.3 is 0 Å². The van der Waals surface area contributed by atoms with E-state index in [-0.39, 0.29) is 16.8 Å². The Bertz CT molecular complexity index is 1000. The van der Waals surface area contributed by atoms with Crippen molar-refractivity contribution in [3.63, 3.8) is 0 Å². The number of carbonyl (C=O) groups is 1. The quantitative estimate of drug-likeness (QED) is 0.773. The number of likely N-dealkylation sites (tertiary alicyclic amines) is 1. The van der Waals surface area contributed by atoms with Crippen LogP contribution in [0, 0.1) is 19.7 Å². The number of halogens is 1. The molecule has 0 bridgehead atoms. The largest absolute Gasteiger partial charge is 0.341 e. The van der Waals surface area contributed by atoms with E-state index in [1.165, 1.54) is 18.2 Å². The molecule has 0 aliphatic carbocycles. The van der Waals surface area contributed by atoms with Gasteiger partial charge in [0.25, 0.3) is 0 Å². The number of hydrogen-bond acceptors (Lipinski definition) is 4. The molecule has 7 nitrogen and oxygen atoms in total. The SMILES string of the molecule is Cc1nn(C)c(C)c1CCC(=O)N1CCCC(NS(=O)(=O)c2cccc(F)c2)C1. The van der Waals surface area contributed by atoms with E-state index in [9.17, 15) is 17.6 Å². The molecule has 0 spiro atoms. The summed E-state index contributed by atoms with van der Waals surface area (Å²) in [5.74, 6) is -0.600. The van der Waals surface area contributed by atoms with Crippen molar-refractivity contribution in [3.8, 4) is 0 Å². The van der Waals surface area contributed by atoms with Crippen LogP contribution in [-0.4, -0.2) is 48.1 Å². The van der Waals surface area contributed by atoms with Crippen LogP contribution in [0.1, 0.15) is 36.2 Å². The summed E-state index contributed by atoms with van der Waals surface area (Å²) in [5, 5.41) is 4.38. The van der Waals surface area contributed by atoms with E-state index >= 15 is 0 Å². The van der Waals surface area contributed by atoms with Gasteiger partial charge in [-0.3, -0.25) is 9.48 Å². The topological polar surface area (TPSA) is 84.3 Å². The number of aryl methyl sites for hydroxylation is 2. The number of piperidine rings is 1. The van der Waals surface area contributed by atoms with Crippen LogP contribution >= 0.6 is 0 Å². The molecule has 158 valence electrons. The zero-order valence-corrected chi connectivity index (χ0v) is 17.8. The first-order valence-electron chi connectivity index (χ1n) is 9.72. The number of rotatable bonds is 6. The smallest absolute Gasteiger partial charge is 0.240 e. The highest BCUT2D eigenvalue weighted by molar-refractivity contribution is 7.89. The Morgan fingerprint density at radius 2 is 2.10 bits per heavy atom. The normalized spacial score (nSPS) is 17.5. The molecule has 1 unspecified atom stereocenters. The van der Waals surface area contributed by atoms with Crippen molar-refractivity contribution >= 4 is 15.9 Å². The molecule has 1 N–H and O–H groups in total. The lowest BCUT2D eigenvalue weighted by Gasteiger charge is -2.33. The molecule has 3 rings (SSSR count). The molecule has 9 heteroatoms. The van der Waals surface area contributed by atoms with Crippen LogP contribution in [0.25, 0.3) is 0 Å². The van der Waals surface area contributed by atoms with E-state index in [0.29, 0.717) is 38.8 Å². The first kappa shape index (κ1) is 21.4. The summed E-state index contributed by atoms with van der Waals surface area (Å²) in [5.41, 5.74) is 3.06. The molecule has 1 saturated heterocycles. The highest BCUT2D eigenvalue weighted by atomic mass is 32.2. The van der Waals surface area contributed by atoms with Gasteiger partial charge in [-0.1, -0.05) is 6.07 Å². The summed E-state index contributed by atoms with van der Waals surface area (Å²) in [6.07, 6.45) is 2.32. The first-order valence-corrected chi connectivity index (χ1v) is 11.2. The second-order valence-electron chi connectivity index (χ2n) is 7.53. The maximum Gasteiger partial charge on any atom is 0.240 e. The maximum absolute atomic E-state index is 13.4.